The molecule has 0 bridgehead atoms. The fourth-order valence-corrected chi connectivity index (χ4v) is 2.78. The van der Waals surface area contributed by atoms with Crippen LogP contribution in [0.25, 0.3) is 11.4 Å². The zero-order valence-electron chi connectivity index (χ0n) is 13.1. The summed E-state index contributed by atoms with van der Waals surface area (Å²) in [6.45, 7) is 0. The Kier molecular flexibility index (Phi) is 3.78. The Hall–Kier alpha value is -3.40. The van der Waals surface area contributed by atoms with Crippen LogP contribution >= 0.6 is 0 Å². The summed E-state index contributed by atoms with van der Waals surface area (Å²) < 4.78 is 13.8. The predicted octanol–water partition coefficient (Wildman–Crippen LogP) is 2.32. The van der Waals surface area contributed by atoms with E-state index in [0.29, 0.717) is 34.6 Å². The Morgan fingerprint density at radius 1 is 1.12 bits per heavy atom. The molecule has 0 aliphatic heterocycles. The van der Waals surface area contributed by atoms with Gasteiger partial charge in [0.1, 0.15) is 11.5 Å². The van der Waals surface area contributed by atoms with Gasteiger partial charge in [-0.25, -0.2) is 9.37 Å². The van der Waals surface area contributed by atoms with Crippen molar-refractivity contribution in [2.24, 2.45) is 0 Å². The summed E-state index contributed by atoms with van der Waals surface area (Å²) in [7, 11) is 0. The number of aromatic amines is 1. The van der Waals surface area contributed by atoms with Crippen molar-refractivity contribution in [2.45, 2.75) is 19.3 Å². The summed E-state index contributed by atoms with van der Waals surface area (Å²) in [5, 5.41) is 13.5. The van der Waals surface area contributed by atoms with Gasteiger partial charge in [-0.15, -0.1) is 10.2 Å². The first-order chi connectivity index (χ1) is 12.2. The SMILES string of the molecule is O=C1CCCc2nc(C#Cc3cc(F)cc(-c4nn[nH]n4)c3)ccc21. The van der Waals surface area contributed by atoms with E-state index in [9.17, 15) is 9.18 Å². The van der Waals surface area contributed by atoms with Crippen molar-refractivity contribution in [3.63, 3.8) is 0 Å². The minimum Gasteiger partial charge on any atom is -0.294 e. The Morgan fingerprint density at radius 2 is 2.04 bits per heavy atom. The highest BCUT2D eigenvalue weighted by atomic mass is 19.1. The molecule has 25 heavy (non-hydrogen) atoms. The van der Waals surface area contributed by atoms with Gasteiger partial charge in [-0.2, -0.15) is 5.21 Å². The van der Waals surface area contributed by atoms with Crippen LogP contribution in [0.5, 0.6) is 0 Å². The van der Waals surface area contributed by atoms with Crippen molar-refractivity contribution in [3.05, 3.63) is 58.7 Å². The monoisotopic (exact) mass is 333 g/mol. The number of pyridine rings is 1. The Morgan fingerprint density at radius 3 is 2.88 bits per heavy atom. The zero-order valence-corrected chi connectivity index (χ0v) is 13.1. The topological polar surface area (TPSA) is 84.4 Å². The average Bonchev–Trinajstić information content (AvgIpc) is 3.14. The minimum absolute atomic E-state index is 0.128. The summed E-state index contributed by atoms with van der Waals surface area (Å²) in [5.74, 6) is 5.81. The summed E-state index contributed by atoms with van der Waals surface area (Å²) >= 11 is 0. The van der Waals surface area contributed by atoms with Gasteiger partial charge in [0.05, 0.1) is 5.69 Å². The van der Waals surface area contributed by atoms with Crippen LogP contribution in [0.15, 0.2) is 30.3 Å². The number of aromatic nitrogens is 5. The van der Waals surface area contributed by atoms with Crippen LogP contribution in [0, 0.1) is 17.7 Å². The Bertz CT molecular complexity index is 1020. The molecule has 1 aliphatic carbocycles. The summed E-state index contributed by atoms with van der Waals surface area (Å²) in [6.07, 6.45) is 2.16. The lowest BCUT2D eigenvalue weighted by molar-refractivity contribution is 0.0971. The predicted molar refractivity (Wildman–Crippen MR) is 87.1 cm³/mol. The molecule has 0 fully saturated rings. The maximum absolute atomic E-state index is 13.8. The molecule has 4 rings (SSSR count). The van der Waals surface area contributed by atoms with Crippen molar-refractivity contribution in [1.82, 2.24) is 25.6 Å². The van der Waals surface area contributed by atoms with E-state index in [2.05, 4.69) is 37.4 Å². The molecule has 1 N–H and O–H groups in total. The van der Waals surface area contributed by atoms with Gasteiger partial charge in [0, 0.05) is 23.1 Å². The van der Waals surface area contributed by atoms with Gasteiger partial charge in [-0.1, -0.05) is 5.92 Å². The first kappa shape index (κ1) is 15.1. The third kappa shape index (κ3) is 3.15. The summed E-state index contributed by atoms with van der Waals surface area (Å²) in [5.41, 5.74) is 2.99. The summed E-state index contributed by atoms with van der Waals surface area (Å²) in [6, 6.07) is 7.82. The highest BCUT2D eigenvalue weighted by Crippen LogP contribution is 2.20. The van der Waals surface area contributed by atoms with Crippen molar-refractivity contribution in [1.29, 1.82) is 0 Å². The number of aryl methyl sites for hydroxylation is 1. The fourth-order valence-electron chi connectivity index (χ4n) is 2.78. The standard InChI is InChI=1S/C18H12FN5O/c19-13-9-11(8-12(10-13)18-21-23-24-22-18)4-5-14-6-7-15-16(20-14)2-1-3-17(15)25/h6-10H,1-3H2,(H,21,22,23,24). The number of fused-ring (bicyclic) bond motifs is 1. The third-order valence-corrected chi connectivity index (χ3v) is 3.93. The molecule has 2 heterocycles. The second-order valence-electron chi connectivity index (χ2n) is 5.68. The van der Waals surface area contributed by atoms with E-state index in [1.807, 2.05) is 0 Å². The molecule has 1 aromatic carbocycles. The number of carbonyl (C=O) groups is 1. The molecule has 7 heteroatoms. The lowest BCUT2D eigenvalue weighted by Crippen LogP contribution is -2.12. The Labute approximate surface area is 142 Å². The molecule has 0 spiro atoms. The molecule has 0 unspecified atom stereocenters. The molecular weight excluding hydrogens is 321 g/mol. The van der Waals surface area contributed by atoms with Gasteiger partial charge < -0.3 is 0 Å². The van der Waals surface area contributed by atoms with E-state index in [-0.39, 0.29) is 5.78 Å². The summed E-state index contributed by atoms with van der Waals surface area (Å²) in [4.78, 5) is 16.3. The number of benzene rings is 1. The minimum atomic E-state index is -0.435. The highest BCUT2D eigenvalue weighted by molar-refractivity contribution is 5.98. The van der Waals surface area contributed by atoms with Gasteiger partial charge in [0.15, 0.2) is 5.78 Å². The maximum Gasteiger partial charge on any atom is 0.204 e. The van der Waals surface area contributed by atoms with E-state index in [1.165, 1.54) is 12.1 Å². The maximum atomic E-state index is 13.8. The number of halogens is 1. The zero-order chi connectivity index (χ0) is 17.2. The van der Waals surface area contributed by atoms with E-state index in [0.717, 1.165) is 18.5 Å². The third-order valence-electron chi connectivity index (χ3n) is 3.93. The molecule has 6 nitrogen and oxygen atoms in total. The number of rotatable bonds is 1. The second kappa shape index (κ2) is 6.24. The van der Waals surface area contributed by atoms with Crippen LogP contribution in [0.2, 0.25) is 0 Å². The van der Waals surface area contributed by atoms with Gasteiger partial charge in [-0.3, -0.25) is 4.79 Å². The lowest BCUT2D eigenvalue weighted by Gasteiger charge is -2.12. The molecule has 0 radical (unpaired) electrons. The molecule has 0 saturated carbocycles. The normalized spacial score (nSPS) is 13.1. The van der Waals surface area contributed by atoms with Crippen LogP contribution in [-0.2, 0) is 6.42 Å². The van der Waals surface area contributed by atoms with Gasteiger partial charge in [0.2, 0.25) is 5.82 Å². The van der Waals surface area contributed by atoms with Crippen LogP contribution in [0.4, 0.5) is 4.39 Å². The smallest absolute Gasteiger partial charge is 0.204 e. The average molecular weight is 333 g/mol. The first-order valence-electron chi connectivity index (χ1n) is 7.78. The van der Waals surface area contributed by atoms with Crippen molar-refractivity contribution >= 4 is 5.78 Å². The molecule has 1 aliphatic rings. The first-order valence-corrected chi connectivity index (χ1v) is 7.78. The van der Waals surface area contributed by atoms with E-state index in [1.54, 1.807) is 18.2 Å². The number of carbonyl (C=O) groups excluding carboxylic acids is 1. The largest absolute Gasteiger partial charge is 0.294 e. The van der Waals surface area contributed by atoms with Gasteiger partial charge in [0.25, 0.3) is 0 Å². The molecule has 3 aromatic rings. The quantitative estimate of drug-likeness (QED) is 0.691. The molecule has 0 saturated heterocycles. The number of hydrogen-bond acceptors (Lipinski definition) is 5. The number of nitrogens with zero attached hydrogens (tertiary/aromatic N) is 4. The highest BCUT2D eigenvalue weighted by Gasteiger charge is 2.18. The van der Waals surface area contributed by atoms with E-state index in [4.69, 9.17) is 0 Å². The second-order valence-corrected chi connectivity index (χ2v) is 5.68. The lowest BCUT2D eigenvalue weighted by atomic mass is 9.94. The van der Waals surface area contributed by atoms with Crippen molar-refractivity contribution in [3.8, 4) is 23.2 Å². The van der Waals surface area contributed by atoms with Crippen molar-refractivity contribution < 1.29 is 9.18 Å². The fraction of sp³-hybridized carbons (Fsp3) is 0.167. The number of ketones is 1. The van der Waals surface area contributed by atoms with Crippen molar-refractivity contribution in [2.75, 3.05) is 0 Å². The molecule has 0 amide bonds. The molecular formula is C18H12FN5O. The van der Waals surface area contributed by atoms with Crippen LogP contribution < -0.4 is 0 Å². The van der Waals surface area contributed by atoms with Gasteiger partial charge >= 0.3 is 0 Å². The van der Waals surface area contributed by atoms with E-state index >= 15 is 0 Å². The molecule has 2 aromatic heterocycles. The molecule has 122 valence electrons. The number of nitrogens with one attached hydrogen (secondary N) is 1. The number of tetrazole rings is 1. The van der Waals surface area contributed by atoms with Crippen LogP contribution in [0.1, 0.15) is 40.2 Å². The molecule has 0 atom stereocenters. The van der Waals surface area contributed by atoms with Crippen LogP contribution in [0.3, 0.4) is 0 Å². The Balaban J connectivity index is 1.67. The van der Waals surface area contributed by atoms with Crippen LogP contribution in [-0.4, -0.2) is 31.4 Å². The number of Topliss-reactive ketones (excluding diaryl/α,β-unsaturated/α-hetero) is 1. The number of hydrogen-bond donors (Lipinski definition) is 1. The number of H-pyrrole nitrogens is 1. The van der Waals surface area contributed by atoms with Gasteiger partial charge in [-0.05, 0) is 54.3 Å². The van der Waals surface area contributed by atoms with E-state index < -0.39 is 5.82 Å².